The minimum Gasteiger partial charge on any atom is -0.354 e. The highest BCUT2D eigenvalue weighted by molar-refractivity contribution is 7.92. The molecule has 0 heterocycles. The molecule has 1 unspecified atom stereocenters. The third-order valence-electron chi connectivity index (χ3n) is 6.86. The Bertz CT molecular complexity index is 1460. The van der Waals surface area contributed by atoms with Crippen LogP contribution in [0.3, 0.4) is 0 Å². The molecule has 7 nitrogen and oxygen atoms in total. The zero-order chi connectivity index (χ0) is 30.2. The average molecular weight is 619 g/mol. The molecule has 10 heteroatoms. The molecule has 0 spiro atoms. The molecular formula is C31H37Cl2N3O4S. The van der Waals surface area contributed by atoms with Gasteiger partial charge < -0.3 is 10.2 Å². The molecule has 41 heavy (non-hydrogen) atoms. The average Bonchev–Trinajstić information content (AvgIpc) is 2.96. The lowest BCUT2D eigenvalue weighted by atomic mass is 10.1. The fourth-order valence-corrected chi connectivity index (χ4v) is 6.13. The van der Waals surface area contributed by atoms with Crippen LogP contribution in [0.5, 0.6) is 0 Å². The number of aryl methyl sites for hydroxylation is 2. The maximum absolute atomic E-state index is 14.1. The smallest absolute Gasteiger partial charge is 0.264 e. The summed E-state index contributed by atoms with van der Waals surface area (Å²) in [5, 5.41) is 3.56. The second-order valence-corrected chi connectivity index (χ2v) is 12.6. The molecule has 0 saturated carbocycles. The molecule has 0 aliphatic rings. The Labute approximate surface area is 253 Å². The monoisotopic (exact) mass is 617 g/mol. The number of amides is 2. The fourth-order valence-electron chi connectivity index (χ4n) is 4.36. The van der Waals surface area contributed by atoms with Crippen LogP contribution in [0, 0.1) is 6.92 Å². The first kappa shape index (κ1) is 32.4. The molecule has 1 N–H and O–H groups in total. The van der Waals surface area contributed by atoms with Crippen LogP contribution in [-0.2, 0) is 32.6 Å². The second-order valence-electron chi connectivity index (χ2n) is 9.90. The summed E-state index contributed by atoms with van der Waals surface area (Å²) in [6, 6.07) is 17.7. The van der Waals surface area contributed by atoms with Crippen molar-refractivity contribution in [3.8, 4) is 0 Å². The molecule has 0 radical (unpaired) electrons. The largest absolute Gasteiger partial charge is 0.354 e. The number of unbranched alkanes of at least 4 members (excludes halogenated alkanes) is 1. The van der Waals surface area contributed by atoms with E-state index in [1.165, 1.54) is 17.0 Å². The van der Waals surface area contributed by atoms with Crippen LogP contribution in [0.2, 0.25) is 10.0 Å². The number of sulfonamides is 1. The van der Waals surface area contributed by atoms with Crippen molar-refractivity contribution in [3.63, 3.8) is 0 Å². The number of hydrogen-bond donors (Lipinski definition) is 1. The molecule has 0 bridgehead atoms. The number of carbonyl (C=O) groups excluding carboxylic acids is 2. The van der Waals surface area contributed by atoms with Crippen molar-refractivity contribution in [2.45, 2.75) is 64.4 Å². The van der Waals surface area contributed by atoms with Gasteiger partial charge in [-0.2, -0.15) is 0 Å². The molecule has 0 aliphatic heterocycles. The Morgan fingerprint density at radius 1 is 0.951 bits per heavy atom. The summed E-state index contributed by atoms with van der Waals surface area (Å²) in [5.41, 5.74) is 2.76. The third-order valence-corrected chi connectivity index (χ3v) is 9.38. The van der Waals surface area contributed by atoms with Crippen molar-refractivity contribution in [2.75, 3.05) is 17.4 Å². The van der Waals surface area contributed by atoms with Gasteiger partial charge in [-0.3, -0.25) is 13.9 Å². The molecule has 3 aromatic rings. The summed E-state index contributed by atoms with van der Waals surface area (Å²) in [5.74, 6) is -0.857. The van der Waals surface area contributed by atoms with E-state index in [2.05, 4.69) is 5.32 Å². The highest BCUT2D eigenvalue weighted by Gasteiger charge is 2.33. The first-order chi connectivity index (χ1) is 19.5. The highest BCUT2D eigenvalue weighted by atomic mass is 35.5. The molecular weight excluding hydrogens is 581 g/mol. The fraction of sp³-hybridized carbons (Fsp3) is 0.355. The lowest BCUT2D eigenvalue weighted by molar-refractivity contribution is -0.139. The predicted molar refractivity (Wildman–Crippen MR) is 166 cm³/mol. The van der Waals surface area contributed by atoms with Crippen molar-refractivity contribution in [1.29, 1.82) is 0 Å². The summed E-state index contributed by atoms with van der Waals surface area (Å²) >= 11 is 12.3. The maximum atomic E-state index is 14.1. The first-order valence-corrected chi connectivity index (χ1v) is 15.9. The Balaban J connectivity index is 2.05. The molecule has 0 aliphatic carbocycles. The highest BCUT2D eigenvalue weighted by Crippen LogP contribution is 2.29. The Hall–Kier alpha value is -3.07. The Morgan fingerprint density at radius 3 is 2.27 bits per heavy atom. The Kier molecular flexibility index (Phi) is 11.6. The van der Waals surface area contributed by atoms with Crippen LogP contribution in [0.25, 0.3) is 0 Å². The summed E-state index contributed by atoms with van der Waals surface area (Å²) < 4.78 is 29.2. The van der Waals surface area contributed by atoms with Gasteiger partial charge in [0.1, 0.15) is 12.6 Å². The summed E-state index contributed by atoms with van der Waals surface area (Å²) in [7, 11) is -4.13. The van der Waals surface area contributed by atoms with E-state index < -0.39 is 28.5 Å². The van der Waals surface area contributed by atoms with Gasteiger partial charge in [0.25, 0.3) is 10.0 Å². The second kappa shape index (κ2) is 14.7. The van der Waals surface area contributed by atoms with E-state index in [-0.39, 0.29) is 17.3 Å². The number of rotatable bonds is 13. The van der Waals surface area contributed by atoms with Crippen LogP contribution >= 0.6 is 23.2 Å². The summed E-state index contributed by atoms with van der Waals surface area (Å²) in [4.78, 5) is 28.6. The lowest BCUT2D eigenvalue weighted by Crippen LogP contribution is -2.51. The molecule has 1 atom stereocenters. The predicted octanol–water partition coefficient (Wildman–Crippen LogP) is 6.39. The van der Waals surface area contributed by atoms with Crippen molar-refractivity contribution in [1.82, 2.24) is 10.2 Å². The zero-order valence-corrected chi connectivity index (χ0v) is 26.2. The van der Waals surface area contributed by atoms with Crippen LogP contribution in [0.1, 0.15) is 50.3 Å². The van der Waals surface area contributed by atoms with Crippen molar-refractivity contribution in [3.05, 3.63) is 93.5 Å². The SMILES string of the molecule is CCCCNC(=O)C(C)N(Cc1ccc(Cl)c(Cl)c1)C(=O)CN(c1ccccc1CC)S(=O)(=O)c1ccc(C)cc1. The van der Waals surface area contributed by atoms with Gasteiger partial charge in [0.05, 0.1) is 20.6 Å². The van der Waals surface area contributed by atoms with Crippen LogP contribution in [0.4, 0.5) is 5.69 Å². The maximum Gasteiger partial charge on any atom is 0.264 e. The van der Waals surface area contributed by atoms with Gasteiger partial charge in [-0.1, -0.05) is 85.4 Å². The van der Waals surface area contributed by atoms with Crippen LogP contribution in [-0.4, -0.2) is 44.3 Å². The topological polar surface area (TPSA) is 86.8 Å². The summed E-state index contributed by atoms with van der Waals surface area (Å²) in [6.45, 7) is 7.47. The van der Waals surface area contributed by atoms with Gasteiger partial charge in [0.15, 0.2) is 0 Å². The van der Waals surface area contributed by atoms with Gasteiger partial charge in [-0.25, -0.2) is 8.42 Å². The molecule has 3 aromatic carbocycles. The quantitative estimate of drug-likeness (QED) is 0.225. The number of benzene rings is 3. The zero-order valence-electron chi connectivity index (χ0n) is 23.9. The normalized spacial score (nSPS) is 12.0. The van der Waals surface area contributed by atoms with Crippen molar-refractivity contribution >= 4 is 50.7 Å². The summed E-state index contributed by atoms with van der Waals surface area (Å²) in [6.07, 6.45) is 2.27. The first-order valence-electron chi connectivity index (χ1n) is 13.7. The molecule has 2 amide bonds. The molecule has 3 rings (SSSR count). The van der Waals surface area contributed by atoms with Gasteiger partial charge in [0, 0.05) is 13.1 Å². The number of halogens is 2. The third kappa shape index (κ3) is 8.24. The Morgan fingerprint density at radius 2 is 1.63 bits per heavy atom. The molecule has 220 valence electrons. The van der Waals surface area contributed by atoms with Crippen molar-refractivity contribution in [2.24, 2.45) is 0 Å². The van der Waals surface area contributed by atoms with E-state index in [4.69, 9.17) is 23.2 Å². The van der Waals surface area contributed by atoms with E-state index in [0.29, 0.717) is 34.3 Å². The number of nitrogens with zero attached hydrogens (tertiary/aromatic N) is 2. The number of carbonyl (C=O) groups is 2. The molecule has 0 aromatic heterocycles. The molecule has 0 fully saturated rings. The standard InChI is InChI=1S/C31H37Cl2N3O4S/c1-5-7-18-34-31(38)23(4)35(20-24-14-17-27(32)28(33)19-24)30(37)21-36(29-11-9-8-10-25(29)6-2)41(39,40)26-15-12-22(3)13-16-26/h8-17,19,23H,5-7,18,20-21H2,1-4H3,(H,34,38). The van der Waals surface area contributed by atoms with Crippen molar-refractivity contribution < 1.29 is 18.0 Å². The van der Waals surface area contributed by atoms with Gasteiger partial charge in [-0.15, -0.1) is 0 Å². The number of hydrogen-bond acceptors (Lipinski definition) is 4. The van der Waals surface area contributed by atoms with Gasteiger partial charge in [0.2, 0.25) is 11.8 Å². The minimum absolute atomic E-state index is 0.0337. The minimum atomic E-state index is -4.13. The van der Waals surface area contributed by atoms with E-state index >= 15 is 0 Å². The number of anilines is 1. The van der Waals surface area contributed by atoms with E-state index in [1.807, 2.05) is 32.9 Å². The van der Waals surface area contributed by atoms with Gasteiger partial charge >= 0.3 is 0 Å². The number of para-hydroxylation sites is 1. The van der Waals surface area contributed by atoms with Crippen LogP contribution < -0.4 is 9.62 Å². The van der Waals surface area contributed by atoms with E-state index in [0.717, 1.165) is 28.3 Å². The lowest BCUT2D eigenvalue weighted by Gasteiger charge is -2.32. The van der Waals surface area contributed by atoms with E-state index in [9.17, 15) is 18.0 Å². The van der Waals surface area contributed by atoms with Gasteiger partial charge in [-0.05, 0) is 68.1 Å². The van der Waals surface area contributed by atoms with Crippen LogP contribution in [0.15, 0.2) is 71.6 Å². The number of nitrogens with one attached hydrogen (secondary N) is 1. The van der Waals surface area contributed by atoms with E-state index in [1.54, 1.807) is 49.4 Å². The molecule has 0 saturated heterocycles.